The number of aliphatic hydroxyl groups is 1. The van der Waals surface area contributed by atoms with Gasteiger partial charge in [0.05, 0.1) is 60.1 Å². The normalized spacial score (nSPS) is 16.3. The lowest BCUT2D eigenvalue weighted by Crippen LogP contribution is -2.30. The molecule has 4 aromatic rings. The Labute approximate surface area is 242 Å². The molecule has 210 valence electrons. The molecular weight excluding hydrogens is 577 g/mol. The highest BCUT2D eigenvalue weighted by atomic mass is 35.5. The lowest BCUT2D eigenvalue weighted by molar-refractivity contribution is -0.132. The van der Waals surface area contributed by atoms with Gasteiger partial charge >= 0.3 is 11.9 Å². The van der Waals surface area contributed by atoms with Crippen LogP contribution in [0.15, 0.2) is 54.1 Å². The number of ketones is 1. The average Bonchev–Trinajstić information content (AvgIpc) is 3.50. The number of nitrogens with one attached hydrogen (secondary N) is 1. The minimum Gasteiger partial charge on any atom is -0.507 e. The molecule has 1 atom stereocenters. The number of methoxy groups -OCH3 is 3. The zero-order valence-electron chi connectivity index (χ0n) is 21.7. The van der Waals surface area contributed by atoms with Gasteiger partial charge in [0.15, 0.2) is 11.5 Å². The summed E-state index contributed by atoms with van der Waals surface area (Å²) >= 11 is 12.8. The van der Waals surface area contributed by atoms with Gasteiger partial charge in [-0.15, -0.1) is 0 Å². The number of hydrogen-bond acceptors (Lipinski definition) is 8. The number of halogens is 2. The predicted octanol–water partition coefficient (Wildman–Crippen LogP) is 5.22. The number of fused-ring (bicyclic) bond motifs is 1. The molecule has 3 aromatic carbocycles. The monoisotopic (exact) mass is 597 g/mol. The maximum absolute atomic E-state index is 13.6. The van der Waals surface area contributed by atoms with E-state index in [1.807, 2.05) is 0 Å². The highest BCUT2D eigenvalue weighted by Gasteiger charge is 2.48. The minimum absolute atomic E-state index is 0.000502. The van der Waals surface area contributed by atoms with Gasteiger partial charge in [-0.3, -0.25) is 14.5 Å². The number of carbonyl (C=O) groups is 3. The number of Topliss-reactive ketones (excluding diaryl/α,β-unsaturated/α-hetero) is 1. The Morgan fingerprint density at radius 3 is 2.37 bits per heavy atom. The average molecular weight is 598 g/mol. The third kappa shape index (κ3) is 4.58. The number of aromatic carboxylic acids is 1. The van der Waals surface area contributed by atoms with Crippen LogP contribution in [0.25, 0.3) is 16.8 Å². The highest BCUT2D eigenvalue weighted by Crippen LogP contribution is 2.48. The number of rotatable bonds is 7. The Hall–Kier alpha value is -4.74. The van der Waals surface area contributed by atoms with Crippen molar-refractivity contribution in [3.05, 3.63) is 80.8 Å². The quantitative estimate of drug-likeness (QED) is 0.148. The van der Waals surface area contributed by atoms with Crippen molar-refractivity contribution in [3.63, 3.8) is 0 Å². The molecule has 1 unspecified atom stereocenters. The summed E-state index contributed by atoms with van der Waals surface area (Å²) in [5.74, 6) is -3.34. The van der Waals surface area contributed by atoms with Gasteiger partial charge in [0.25, 0.3) is 5.78 Å². The number of H-pyrrole nitrogens is 1. The third-order valence-corrected chi connectivity index (χ3v) is 7.22. The summed E-state index contributed by atoms with van der Waals surface area (Å²) < 4.78 is 16.0. The van der Waals surface area contributed by atoms with E-state index < -0.39 is 29.5 Å². The second-order valence-corrected chi connectivity index (χ2v) is 9.61. The second-order valence-electron chi connectivity index (χ2n) is 8.83. The number of nitrogens with zero attached hydrogens (tertiary/aromatic N) is 2. The molecule has 0 aliphatic carbocycles. The van der Waals surface area contributed by atoms with E-state index in [9.17, 15) is 24.6 Å². The van der Waals surface area contributed by atoms with Crippen LogP contribution in [0.1, 0.15) is 27.5 Å². The number of amides is 1. The molecule has 1 aliphatic heterocycles. The van der Waals surface area contributed by atoms with E-state index in [2.05, 4.69) is 9.97 Å². The SMILES string of the molecule is COc1cccc(C2/C(=C(\O)c3cc(Cl)c(OC)c(Cl)c3OC)C(=O)C(=O)N2c2nc3ccc(C(=O)O)cc3[nH]2)c1. The molecule has 1 saturated heterocycles. The van der Waals surface area contributed by atoms with E-state index in [1.165, 1.54) is 45.6 Å². The van der Waals surface area contributed by atoms with Crippen LogP contribution >= 0.6 is 23.2 Å². The van der Waals surface area contributed by atoms with E-state index in [4.69, 9.17) is 37.4 Å². The van der Waals surface area contributed by atoms with Crippen LogP contribution in [0.3, 0.4) is 0 Å². The first-order valence-corrected chi connectivity index (χ1v) is 12.6. The number of aromatic amines is 1. The number of hydrogen-bond donors (Lipinski definition) is 3. The van der Waals surface area contributed by atoms with Crippen LogP contribution in [0.4, 0.5) is 5.95 Å². The summed E-state index contributed by atoms with van der Waals surface area (Å²) in [5, 5.41) is 21.0. The third-order valence-electron chi connectivity index (χ3n) is 6.59. The Balaban J connectivity index is 1.78. The number of carboxylic acid groups (broad SMARTS) is 1. The molecule has 13 heteroatoms. The van der Waals surface area contributed by atoms with Crippen LogP contribution < -0.4 is 19.1 Å². The molecule has 41 heavy (non-hydrogen) atoms. The van der Waals surface area contributed by atoms with Crippen molar-refractivity contribution in [1.82, 2.24) is 9.97 Å². The van der Waals surface area contributed by atoms with E-state index in [-0.39, 0.29) is 44.2 Å². The second kappa shape index (κ2) is 10.7. The van der Waals surface area contributed by atoms with E-state index in [1.54, 1.807) is 24.3 Å². The molecule has 3 N–H and O–H groups in total. The standard InChI is InChI=1S/C28H21Cl2N3O8/c1-39-14-6-4-5-12(9-14)21-19(22(34)15-11-16(29)25(41-3)20(30)24(15)40-2)23(35)26(36)33(21)28-31-17-8-7-13(27(37)38)10-18(17)32-28/h4-11,21,34H,1-3H3,(H,31,32)(H,37,38)/b22-19+. The van der Waals surface area contributed by atoms with Gasteiger partial charge in [0, 0.05) is 0 Å². The van der Waals surface area contributed by atoms with Crippen LogP contribution in [0.2, 0.25) is 10.0 Å². The lowest BCUT2D eigenvalue weighted by Gasteiger charge is -2.23. The Morgan fingerprint density at radius 1 is 0.976 bits per heavy atom. The number of ether oxygens (including phenoxy) is 3. The molecule has 5 rings (SSSR count). The fraction of sp³-hybridized carbons (Fsp3) is 0.143. The Morgan fingerprint density at radius 2 is 1.71 bits per heavy atom. The van der Waals surface area contributed by atoms with Gasteiger partial charge in [0.1, 0.15) is 16.5 Å². The number of aromatic nitrogens is 2. The molecule has 1 aliphatic rings. The molecule has 1 aromatic heterocycles. The summed E-state index contributed by atoms with van der Waals surface area (Å²) in [6.45, 7) is 0. The first-order chi connectivity index (χ1) is 19.6. The molecule has 1 amide bonds. The summed E-state index contributed by atoms with van der Waals surface area (Å²) in [4.78, 5) is 47.1. The lowest BCUT2D eigenvalue weighted by atomic mass is 9.95. The zero-order valence-corrected chi connectivity index (χ0v) is 23.2. The van der Waals surface area contributed by atoms with Crippen LogP contribution in [-0.2, 0) is 9.59 Å². The number of benzene rings is 3. The fourth-order valence-corrected chi connectivity index (χ4v) is 5.40. The van der Waals surface area contributed by atoms with Gasteiger partial charge < -0.3 is 29.4 Å². The number of carboxylic acids is 1. The van der Waals surface area contributed by atoms with Gasteiger partial charge in [-0.25, -0.2) is 9.78 Å². The molecular formula is C28H21Cl2N3O8. The Kier molecular flexibility index (Phi) is 7.24. The first kappa shape index (κ1) is 27.8. The molecule has 0 radical (unpaired) electrons. The first-order valence-electron chi connectivity index (χ1n) is 11.9. The van der Waals surface area contributed by atoms with E-state index in [0.717, 1.165) is 4.90 Å². The maximum atomic E-state index is 13.6. The largest absolute Gasteiger partial charge is 0.507 e. The van der Waals surface area contributed by atoms with Crippen molar-refractivity contribution in [1.29, 1.82) is 0 Å². The van der Waals surface area contributed by atoms with Gasteiger partial charge in [-0.1, -0.05) is 35.3 Å². The van der Waals surface area contributed by atoms with Gasteiger partial charge in [-0.2, -0.15) is 0 Å². The molecule has 11 nitrogen and oxygen atoms in total. The van der Waals surface area contributed by atoms with Crippen LogP contribution in [0.5, 0.6) is 17.2 Å². The maximum Gasteiger partial charge on any atom is 0.335 e. The zero-order chi connectivity index (χ0) is 29.6. The summed E-state index contributed by atoms with van der Waals surface area (Å²) in [5.41, 5.74) is 0.726. The van der Waals surface area contributed by atoms with Gasteiger partial charge in [0.2, 0.25) is 5.95 Å². The smallest absolute Gasteiger partial charge is 0.335 e. The number of carbonyl (C=O) groups excluding carboxylic acids is 2. The molecule has 0 bridgehead atoms. The number of aliphatic hydroxyl groups excluding tert-OH is 1. The summed E-state index contributed by atoms with van der Waals surface area (Å²) in [6, 6.07) is 10.9. The fourth-order valence-electron chi connectivity index (χ4n) is 4.71. The van der Waals surface area contributed by atoms with E-state index >= 15 is 0 Å². The molecule has 2 heterocycles. The summed E-state index contributed by atoms with van der Waals surface area (Å²) in [6.07, 6.45) is 0. The highest BCUT2D eigenvalue weighted by molar-refractivity contribution is 6.51. The van der Waals surface area contributed by atoms with Crippen molar-refractivity contribution in [2.45, 2.75) is 6.04 Å². The molecule has 0 spiro atoms. The number of imidazole rings is 1. The van der Waals surface area contributed by atoms with Crippen LogP contribution in [0, 0.1) is 0 Å². The van der Waals surface area contributed by atoms with Crippen molar-refractivity contribution < 1.29 is 38.8 Å². The van der Waals surface area contributed by atoms with Crippen molar-refractivity contribution in [2.75, 3.05) is 26.2 Å². The summed E-state index contributed by atoms with van der Waals surface area (Å²) in [7, 11) is 4.12. The van der Waals surface area contributed by atoms with Crippen molar-refractivity contribution in [2.24, 2.45) is 0 Å². The molecule has 1 fully saturated rings. The Bertz CT molecular complexity index is 1780. The van der Waals surface area contributed by atoms with Crippen molar-refractivity contribution in [3.8, 4) is 17.2 Å². The molecule has 0 saturated carbocycles. The van der Waals surface area contributed by atoms with Crippen molar-refractivity contribution >= 4 is 63.6 Å². The topological polar surface area (TPSA) is 151 Å². The number of anilines is 1. The van der Waals surface area contributed by atoms with Crippen LogP contribution in [-0.4, -0.2) is 59.2 Å². The predicted molar refractivity (Wildman–Crippen MR) is 150 cm³/mol. The van der Waals surface area contributed by atoms with Gasteiger partial charge in [-0.05, 0) is 42.0 Å². The minimum atomic E-state index is -1.20. The van der Waals surface area contributed by atoms with E-state index in [0.29, 0.717) is 22.3 Å².